The largest absolute Gasteiger partial charge is 0.343 e. The van der Waals surface area contributed by atoms with Crippen LogP contribution in [-0.4, -0.2) is 77.0 Å². The van der Waals surface area contributed by atoms with Crippen LogP contribution in [0, 0.1) is 0 Å². The molecule has 0 bridgehead atoms. The van der Waals surface area contributed by atoms with Crippen molar-refractivity contribution in [3.8, 4) is 0 Å². The van der Waals surface area contributed by atoms with Crippen LogP contribution in [0.4, 0.5) is 0 Å². The molecule has 0 radical (unpaired) electrons. The summed E-state index contributed by atoms with van der Waals surface area (Å²) in [7, 11) is 0. The Balaban J connectivity index is 2.05. The minimum absolute atomic E-state index is 0.227. The lowest BCUT2D eigenvalue weighted by Crippen LogP contribution is -2.56. The number of aldehydes is 1. The molecular weight excluding hydrogens is 352 g/mol. The number of likely N-dealkylation sites (tertiary alicyclic amines) is 1. The first kappa shape index (κ1) is 21.0. The predicted octanol–water partition coefficient (Wildman–Crippen LogP) is -0.803. The molecule has 2 N–H and O–H groups in total. The second kappa shape index (κ2) is 9.07. The summed E-state index contributed by atoms with van der Waals surface area (Å²) < 4.78 is 0. The van der Waals surface area contributed by atoms with Crippen molar-refractivity contribution in [3.63, 3.8) is 0 Å². The molecule has 0 unspecified atom stereocenters. The lowest BCUT2D eigenvalue weighted by Gasteiger charge is -2.31. The molecule has 2 saturated heterocycles. The number of hydrogen-bond donors (Lipinski definition) is 2. The normalized spacial score (nSPS) is 24.2. The van der Waals surface area contributed by atoms with Gasteiger partial charge >= 0.3 is 0 Å². The van der Waals surface area contributed by atoms with Gasteiger partial charge < -0.3 is 20.3 Å². The number of hydrogen-bond acceptors (Lipinski definition) is 6. The smallest absolute Gasteiger partial charge is 0.252 e. The Morgan fingerprint density at radius 3 is 2.44 bits per heavy atom. The number of imide groups is 1. The zero-order chi connectivity index (χ0) is 20.1. The first-order chi connectivity index (χ1) is 12.8. The highest BCUT2D eigenvalue weighted by molar-refractivity contribution is 6.01. The molecule has 0 aromatic heterocycles. The van der Waals surface area contributed by atoms with Crippen LogP contribution in [0.3, 0.4) is 0 Å². The Labute approximate surface area is 158 Å². The van der Waals surface area contributed by atoms with Crippen LogP contribution in [0.2, 0.25) is 0 Å². The van der Waals surface area contributed by atoms with Crippen molar-refractivity contribution in [1.29, 1.82) is 0 Å². The molecule has 4 amide bonds. The van der Waals surface area contributed by atoms with Crippen LogP contribution in [0.5, 0.6) is 0 Å². The molecule has 27 heavy (non-hydrogen) atoms. The molecule has 0 spiro atoms. The number of carbonyl (C=O) groups excluding carboxylic acids is 5. The summed E-state index contributed by atoms with van der Waals surface area (Å²) >= 11 is 0. The van der Waals surface area contributed by atoms with Gasteiger partial charge in [-0.3, -0.25) is 24.1 Å². The molecule has 9 heteroatoms. The van der Waals surface area contributed by atoms with Gasteiger partial charge in [0.15, 0.2) is 0 Å². The van der Waals surface area contributed by atoms with E-state index in [-0.39, 0.29) is 17.9 Å². The molecule has 0 aromatic carbocycles. The third-order valence-electron chi connectivity index (χ3n) is 5.11. The fourth-order valence-corrected chi connectivity index (χ4v) is 3.68. The molecule has 2 heterocycles. The van der Waals surface area contributed by atoms with Crippen molar-refractivity contribution in [2.24, 2.45) is 0 Å². The maximum atomic E-state index is 12.8. The van der Waals surface area contributed by atoms with Crippen molar-refractivity contribution in [3.05, 3.63) is 0 Å². The minimum atomic E-state index is -0.891. The van der Waals surface area contributed by atoms with Gasteiger partial charge in [-0.1, -0.05) is 0 Å². The number of amides is 4. The van der Waals surface area contributed by atoms with Crippen LogP contribution in [-0.2, 0) is 24.0 Å². The summed E-state index contributed by atoms with van der Waals surface area (Å²) in [5.74, 6) is -1.67. The highest BCUT2D eigenvalue weighted by Gasteiger charge is 2.40. The van der Waals surface area contributed by atoms with E-state index in [9.17, 15) is 24.0 Å². The van der Waals surface area contributed by atoms with Crippen LogP contribution >= 0.6 is 0 Å². The van der Waals surface area contributed by atoms with Gasteiger partial charge in [-0.05, 0) is 46.1 Å². The number of nitrogens with zero attached hydrogens (tertiary/aromatic N) is 2. The van der Waals surface area contributed by atoms with Gasteiger partial charge in [-0.25, -0.2) is 0 Å². The highest BCUT2D eigenvalue weighted by atomic mass is 16.2. The highest BCUT2D eigenvalue weighted by Crippen LogP contribution is 2.21. The molecule has 4 atom stereocenters. The van der Waals surface area contributed by atoms with Gasteiger partial charge in [0, 0.05) is 13.5 Å². The zero-order valence-corrected chi connectivity index (χ0v) is 16.1. The topological polar surface area (TPSA) is 116 Å². The van der Waals surface area contributed by atoms with Gasteiger partial charge in [0.25, 0.3) is 5.91 Å². The molecule has 2 fully saturated rings. The van der Waals surface area contributed by atoms with Gasteiger partial charge in [-0.2, -0.15) is 0 Å². The molecule has 150 valence electrons. The van der Waals surface area contributed by atoms with E-state index in [2.05, 4.69) is 10.6 Å². The number of rotatable bonds is 6. The van der Waals surface area contributed by atoms with Crippen LogP contribution in [0.1, 0.15) is 46.5 Å². The van der Waals surface area contributed by atoms with Crippen molar-refractivity contribution in [2.75, 3.05) is 13.1 Å². The number of carbonyl (C=O) groups is 5. The molecular formula is C18H28N4O5. The molecule has 0 saturated carbocycles. The van der Waals surface area contributed by atoms with E-state index >= 15 is 0 Å². The second-order valence-electron chi connectivity index (χ2n) is 7.17. The van der Waals surface area contributed by atoms with Crippen LogP contribution in [0.15, 0.2) is 0 Å². The molecule has 2 aliphatic heterocycles. The summed E-state index contributed by atoms with van der Waals surface area (Å²) in [6.07, 6.45) is 3.21. The van der Waals surface area contributed by atoms with Gasteiger partial charge in [-0.15, -0.1) is 0 Å². The fraction of sp³-hybridized carbons (Fsp3) is 0.722. The van der Waals surface area contributed by atoms with E-state index in [0.717, 1.165) is 24.3 Å². The first-order valence-corrected chi connectivity index (χ1v) is 9.41. The third kappa shape index (κ3) is 4.71. The Kier molecular flexibility index (Phi) is 7.06. The Hall–Kier alpha value is -2.29. The maximum Gasteiger partial charge on any atom is 0.252 e. The molecule has 0 aliphatic carbocycles. The fourth-order valence-electron chi connectivity index (χ4n) is 3.68. The van der Waals surface area contributed by atoms with Crippen molar-refractivity contribution in [2.45, 2.75) is 70.6 Å². The SMILES string of the molecule is CC(=O)N(C(=O)[C@@H]1CCCN1C(=O)[C@H](C)NC(=O)[C@@H]1CCCN1)[C@@H](C)C=O. The minimum Gasteiger partial charge on any atom is -0.343 e. The van der Waals surface area contributed by atoms with Gasteiger partial charge in [0.05, 0.1) is 12.1 Å². The van der Waals surface area contributed by atoms with E-state index in [1.165, 1.54) is 18.7 Å². The van der Waals surface area contributed by atoms with Gasteiger partial charge in [0.2, 0.25) is 17.7 Å². The van der Waals surface area contributed by atoms with Crippen LogP contribution in [0.25, 0.3) is 0 Å². The summed E-state index contributed by atoms with van der Waals surface area (Å²) in [6.45, 7) is 5.42. The maximum absolute atomic E-state index is 12.8. The third-order valence-corrected chi connectivity index (χ3v) is 5.11. The average Bonchev–Trinajstić information content (AvgIpc) is 3.31. The molecule has 2 rings (SSSR count). The van der Waals surface area contributed by atoms with E-state index < -0.39 is 29.9 Å². The van der Waals surface area contributed by atoms with Crippen molar-refractivity contribution < 1.29 is 24.0 Å². The van der Waals surface area contributed by atoms with Crippen LogP contribution < -0.4 is 10.6 Å². The number of nitrogens with one attached hydrogen (secondary N) is 2. The second-order valence-corrected chi connectivity index (χ2v) is 7.17. The predicted molar refractivity (Wildman–Crippen MR) is 96.4 cm³/mol. The quantitative estimate of drug-likeness (QED) is 0.583. The summed E-state index contributed by atoms with van der Waals surface area (Å²) in [4.78, 5) is 63.0. The van der Waals surface area contributed by atoms with Crippen molar-refractivity contribution >= 4 is 29.9 Å². The standard InChI is InChI=1S/C18H28N4O5/c1-11(10-23)22(13(3)24)18(27)15-7-5-9-21(15)17(26)12(2)20-16(25)14-6-4-8-19-14/h10-12,14-15,19H,4-9H2,1-3H3,(H,20,25)/t11-,12-,14-,15-/m0/s1. The molecule has 9 nitrogen and oxygen atoms in total. The lowest BCUT2D eigenvalue weighted by molar-refractivity contribution is -0.153. The lowest BCUT2D eigenvalue weighted by atomic mass is 10.1. The summed E-state index contributed by atoms with van der Waals surface area (Å²) in [5, 5.41) is 5.78. The summed E-state index contributed by atoms with van der Waals surface area (Å²) in [5.41, 5.74) is 0. The average molecular weight is 380 g/mol. The van der Waals surface area contributed by atoms with Crippen molar-refractivity contribution in [1.82, 2.24) is 20.4 Å². The van der Waals surface area contributed by atoms with E-state index in [1.807, 2.05) is 0 Å². The zero-order valence-electron chi connectivity index (χ0n) is 16.1. The Bertz CT molecular complexity index is 617. The monoisotopic (exact) mass is 380 g/mol. The van der Waals surface area contributed by atoms with E-state index in [4.69, 9.17) is 0 Å². The van der Waals surface area contributed by atoms with E-state index in [0.29, 0.717) is 25.7 Å². The van der Waals surface area contributed by atoms with Gasteiger partial charge in [0.1, 0.15) is 18.4 Å². The molecule has 0 aromatic rings. The first-order valence-electron chi connectivity index (χ1n) is 9.41. The van der Waals surface area contributed by atoms with E-state index in [1.54, 1.807) is 6.92 Å². The Morgan fingerprint density at radius 2 is 1.89 bits per heavy atom. The molecule has 2 aliphatic rings. The summed E-state index contributed by atoms with van der Waals surface area (Å²) in [6, 6.07) is -2.76. The Morgan fingerprint density at radius 1 is 1.19 bits per heavy atom.